The number of nitrogens with two attached hydrogens (primary N) is 1. The van der Waals surface area contributed by atoms with Gasteiger partial charge in [0.1, 0.15) is 23.7 Å². The average Bonchev–Trinajstić information content (AvgIpc) is 3.03. The molecule has 1 aromatic heterocycles. The number of rotatable bonds is 3. The Hall–Kier alpha value is -2.63. The van der Waals surface area contributed by atoms with E-state index in [0.717, 1.165) is 23.3 Å². The second-order valence-electron chi connectivity index (χ2n) is 4.53. The molecule has 2 heterocycles. The largest absolute Gasteiger partial charge is 0.493 e. The molecule has 1 aliphatic heterocycles. The van der Waals surface area contributed by atoms with Gasteiger partial charge in [-0.25, -0.2) is 9.97 Å². The van der Waals surface area contributed by atoms with Crippen LogP contribution in [-0.4, -0.2) is 29.3 Å². The maximum absolute atomic E-state index is 8.38. The molecule has 0 saturated heterocycles. The third-order valence-electron chi connectivity index (χ3n) is 3.34. The Bertz CT molecular complexity index is 684. The van der Waals surface area contributed by atoms with E-state index in [-0.39, 0.29) is 0 Å². The number of nitrogen functional groups attached to an aromatic ring is 1. The van der Waals surface area contributed by atoms with Crippen molar-refractivity contribution in [3.63, 3.8) is 0 Å². The van der Waals surface area contributed by atoms with Gasteiger partial charge in [-0.15, -0.1) is 0 Å². The molecule has 6 heteroatoms. The molecule has 22 heavy (non-hydrogen) atoms. The number of nitrogens with one attached hydrogen (secondary N) is 2. The number of hydrogen-bond acceptors (Lipinski definition) is 6. The predicted molar refractivity (Wildman–Crippen MR) is 88.9 cm³/mol. The zero-order valence-corrected chi connectivity index (χ0v) is 13.1. The van der Waals surface area contributed by atoms with Crippen LogP contribution in [0.25, 0.3) is 0 Å². The summed E-state index contributed by atoms with van der Waals surface area (Å²) in [4.78, 5) is 8.08. The van der Waals surface area contributed by atoms with Gasteiger partial charge in [-0.1, -0.05) is 13.8 Å². The number of anilines is 2. The van der Waals surface area contributed by atoms with Crippen molar-refractivity contribution in [3.8, 4) is 5.75 Å². The quantitative estimate of drug-likeness (QED) is 0.756. The minimum atomic E-state index is 0.297. The monoisotopic (exact) mass is 299 g/mol. The molecule has 6 nitrogen and oxygen atoms in total. The number of benzene rings is 1. The fraction of sp³-hybridized carbons (Fsp3) is 0.312. The summed E-state index contributed by atoms with van der Waals surface area (Å²) in [7, 11) is 1.75. The summed E-state index contributed by atoms with van der Waals surface area (Å²) in [5.74, 6) is 1.75. The Morgan fingerprint density at radius 3 is 2.82 bits per heavy atom. The van der Waals surface area contributed by atoms with Crippen LogP contribution in [0.1, 0.15) is 30.5 Å². The van der Waals surface area contributed by atoms with Crippen molar-refractivity contribution >= 4 is 17.3 Å². The lowest BCUT2D eigenvalue weighted by molar-refractivity contribution is 0.357. The number of fused-ring (bicyclic) bond motifs is 1. The highest BCUT2D eigenvalue weighted by molar-refractivity contribution is 6.16. The molecular formula is C16H21N5O. The molecule has 0 atom stereocenters. The molecule has 0 radical (unpaired) electrons. The molecule has 0 bridgehead atoms. The lowest BCUT2D eigenvalue weighted by atomic mass is 10.00. The minimum Gasteiger partial charge on any atom is -0.493 e. The smallest absolute Gasteiger partial charge is 0.140 e. The topological polar surface area (TPSA) is 96.9 Å². The summed E-state index contributed by atoms with van der Waals surface area (Å²) in [6.45, 7) is 4.70. The number of ether oxygens (including phenoxy) is 1. The predicted octanol–water partition coefficient (Wildman–Crippen LogP) is 2.48. The number of nitrogens with zero attached hydrogens (tertiary/aromatic N) is 2. The fourth-order valence-electron chi connectivity index (χ4n) is 2.32. The van der Waals surface area contributed by atoms with Crippen LogP contribution in [0.3, 0.4) is 0 Å². The molecule has 0 amide bonds. The number of hydrogen-bond donors (Lipinski definition) is 3. The SMILES string of the molecule is CC.CNc1ncnc(N)c1C(=N)c1ccc2c(c1)CCO2. The molecule has 0 aliphatic carbocycles. The Labute approximate surface area is 130 Å². The molecule has 2 aromatic rings. The third kappa shape index (κ3) is 2.86. The molecule has 3 rings (SSSR count). The van der Waals surface area contributed by atoms with Gasteiger partial charge in [0.05, 0.1) is 17.9 Å². The van der Waals surface area contributed by atoms with E-state index in [1.54, 1.807) is 7.05 Å². The summed E-state index contributed by atoms with van der Waals surface area (Å²) in [6.07, 6.45) is 2.25. The first-order chi connectivity index (χ1) is 10.7. The van der Waals surface area contributed by atoms with Crippen LogP contribution >= 0.6 is 0 Å². The Morgan fingerprint density at radius 2 is 2.09 bits per heavy atom. The van der Waals surface area contributed by atoms with E-state index in [9.17, 15) is 0 Å². The van der Waals surface area contributed by atoms with Crippen LogP contribution in [0.15, 0.2) is 24.5 Å². The number of aromatic nitrogens is 2. The normalized spacial score (nSPS) is 11.8. The first kappa shape index (κ1) is 15.8. The van der Waals surface area contributed by atoms with E-state index >= 15 is 0 Å². The van der Waals surface area contributed by atoms with Crippen LogP contribution in [0, 0.1) is 5.41 Å². The maximum Gasteiger partial charge on any atom is 0.140 e. The second-order valence-corrected chi connectivity index (χ2v) is 4.53. The van der Waals surface area contributed by atoms with Gasteiger partial charge in [-0.05, 0) is 23.8 Å². The van der Waals surface area contributed by atoms with Crippen molar-refractivity contribution in [1.82, 2.24) is 9.97 Å². The summed E-state index contributed by atoms with van der Waals surface area (Å²) in [6, 6.07) is 5.72. The van der Waals surface area contributed by atoms with Gasteiger partial charge in [-0.3, -0.25) is 5.41 Å². The lowest BCUT2D eigenvalue weighted by Gasteiger charge is -2.12. The molecule has 0 fully saturated rings. The van der Waals surface area contributed by atoms with E-state index in [2.05, 4.69) is 15.3 Å². The van der Waals surface area contributed by atoms with Gasteiger partial charge in [0, 0.05) is 19.0 Å². The van der Waals surface area contributed by atoms with Crippen molar-refractivity contribution in [2.24, 2.45) is 0 Å². The molecule has 0 spiro atoms. The highest BCUT2D eigenvalue weighted by Gasteiger charge is 2.18. The van der Waals surface area contributed by atoms with E-state index in [1.165, 1.54) is 6.33 Å². The van der Waals surface area contributed by atoms with Gasteiger partial charge in [0.25, 0.3) is 0 Å². The van der Waals surface area contributed by atoms with Crippen molar-refractivity contribution in [2.75, 3.05) is 24.7 Å². The minimum absolute atomic E-state index is 0.297. The summed E-state index contributed by atoms with van der Waals surface area (Å²) in [5, 5.41) is 11.3. The molecular weight excluding hydrogens is 278 g/mol. The van der Waals surface area contributed by atoms with Crippen LogP contribution in [0.2, 0.25) is 0 Å². The molecule has 4 N–H and O–H groups in total. The van der Waals surface area contributed by atoms with E-state index in [0.29, 0.717) is 29.5 Å². The van der Waals surface area contributed by atoms with Gasteiger partial charge >= 0.3 is 0 Å². The van der Waals surface area contributed by atoms with Crippen LogP contribution in [-0.2, 0) is 6.42 Å². The van der Waals surface area contributed by atoms with Crippen LogP contribution in [0.5, 0.6) is 5.75 Å². The van der Waals surface area contributed by atoms with Crippen molar-refractivity contribution in [1.29, 1.82) is 5.41 Å². The third-order valence-corrected chi connectivity index (χ3v) is 3.34. The van der Waals surface area contributed by atoms with Crippen molar-refractivity contribution < 1.29 is 4.74 Å². The first-order valence-electron chi connectivity index (χ1n) is 7.34. The van der Waals surface area contributed by atoms with Crippen molar-refractivity contribution in [3.05, 3.63) is 41.2 Å². The van der Waals surface area contributed by atoms with E-state index < -0.39 is 0 Å². The average molecular weight is 299 g/mol. The first-order valence-corrected chi connectivity index (χ1v) is 7.34. The van der Waals surface area contributed by atoms with Gasteiger partial charge < -0.3 is 15.8 Å². The summed E-state index contributed by atoms with van der Waals surface area (Å²) >= 11 is 0. The molecule has 1 aromatic carbocycles. The highest BCUT2D eigenvalue weighted by Crippen LogP contribution is 2.28. The molecule has 0 saturated carbocycles. The van der Waals surface area contributed by atoms with Gasteiger partial charge in [-0.2, -0.15) is 0 Å². The van der Waals surface area contributed by atoms with E-state index in [1.807, 2.05) is 32.0 Å². The Kier molecular flexibility index (Phi) is 4.93. The zero-order chi connectivity index (χ0) is 16.1. The molecule has 116 valence electrons. The van der Waals surface area contributed by atoms with E-state index in [4.69, 9.17) is 15.9 Å². The molecule has 0 unspecified atom stereocenters. The highest BCUT2D eigenvalue weighted by atomic mass is 16.5. The summed E-state index contributed by atoms with van der Waals surface area (Å²) in [5.41, 5.74) is 8.62. The zero-order valence-electron chi connectivity index (χ0n) is 13.1. The fourth-order valence-corrected chi connectivity index (χ4v) is 2.32. The Morgan fingerprint density at radius 1 is 1.32 bits per heavy atom. The Balaban J connectivity index is 0.000000847. The van der Waals surface area contributed by atoms with Crippen LogP contribution < -0.4 is 15.8 Å². The maximum atomic E-state index is 8.38. The van der Waals surface area contributed by atoms with Gasteiger partial charge in [0.2, 0.25) is 0 Å². The standard InChI is InChI=1S/C14H15N5O.C2H6/c1-17-14-11(13(16)18-7-19-14)12(15)9-2-3-10-8(6-9)4-5-20-10;1-2/h2-3,6-7,15H,4-5H2,1H3,(H3,16,17,18,19);1-2H3. The second kappa shape index (κ2) is 6.89. The van der Waals surface area contributed by atoms with Gasteiger partial charge in [0.15, 0.2) is 0 Å². The summed E-state index contributed by atoms with van der Waals surface area (Å²) < 4.78 is 5.48. The van der Waals surface area contributed by atoms with Crippen LogP contribution in [0.4, 0.5) is 11.6 Å². The van der Waals surface area contributed by atoms with Crippen molar-refractivity contribution in [2.45, 2.75) is 20.3 Å². The molecule has 1 aliphatic rings. The lowest BCUT2D eigenvalue weighted by Crippen LogP contribution is -2.12.